The number of benzene rings is 5. The Labute approximate surface area is 203 Å². The summed E-state index contributed by atoms with van der Waals surface area (Å²) in [7, 11) is 2.22. The summed E-state index contributed by atoms with van der Waals surface area (Å²) in [5.41, 5.74) is 3.89. The number of fused-ring (bicyclic) bond motifs is 2. The van der Waals surface area contributed by atoms with Crippen molar-refractivity contribution in [1.29, 1.82) is 0 Å². The Morgan fingerprint density at radius 3 is 1.94 bits per heavy atom. The van der Waals surface area contributed by atoms with E-state index in [-0.39, 0.29) is 0 Å². The molecule has 0 fully saturated rings. The first kappa shape index (κ1) is 22.0. The number of hydrogen-bond acceptors (Lipinski definition) is 1. The molecule has 0 heterocycles. The van der Waals surface area contributed by atoms with Gasteiger partial charge < -0.3 is 4.90 Å². The molecule has 1 heteroatoms. The second kappa shape index (κ2) is 9.97. The number of rotatable bonds is 7. The Morgan fingerprint density at radius 2 is 1.24 bits per heavy atom. The molecule has 0 aromatic heterocycles. The van der Waals surface area contributed by atoms with Crippen molar-refractivity contribution in [1.82, 2.24) is 0 Å². The summed E-state index contributed by atoms with van der Waals surface area (Å²) < 4.78 is 0. The van der Waals surface area contributed by atoms with Gasteiger partial charge in [0.25, 0.3) is 0 Å². The van der Waals surface area contributed by atoms with Crippen molar-refractivity contribution in [2.45, 2.75) is 25.3 Å². The lowest BCUT2D eigenvalue weighted by Crippen LogP contribution is -2.34. The van der Waals surface area contributed by atoms with E-state index in [1.54, 1.807) is 0 Å². The fourth-order valence-electron chi connectivity index (χ4n) is 4.88. The fourth-order valence-corrected chi connectivity index (χ4v) is 4.88. The van der Waals surface area contributed by atoms with E-state index < -0.39 is 0 Å². The zero-order valence-electron chi connectivity index (χ0n) is 19.9. The van der Waals surface area contributed by atoms with Gasteiger partial charge >= 0.3 is 0 Å². The second-order valence-electron chi connectivity index (χ2n) is 9.14. The Bertz CT molecular complexity index is 1420. The van der Waals surface area contributed by atoms with Gasteiger partial charge in [-0.3, -0.25) is 0 Å². The lowest BCUT2D eigenvalue weighted by Gasteiger charge is -2.34. The van der Waals surface area contributed by atoms with Crippen LogP contribution in [0, 0.1) is 0 Å². The molecule has 0 aliphatic rings. The number of anilines is 1. The molecule has 0 N–H and O–H groups in total. The third-order valence-electron chi connectivity index (χ3n) is 7.04. The van der Waals surface area contributed by atoms with Gasteiger partial charge in [0.1, 0.15) is 0 Å². The molecule has 168 valence electrons. The van der Waals surface area contributed by atoms with Gasteiger partial charge in [0.05, 0.1) is 0 Å². The molecular weight excluding hydrogens is 410 g/mol. The highest BCUT2D eigenvalue weighted by Crippen LogP contribution is 2.31. The van der Waals surface area contributed by atoms with Crippen LogP contribution in [0.1, 0.15) is 30.4 Å². The highest BCUT2D eigenvalue weighted by molar-refractivity contribution is 5.86. The molecule has 0 spiro atoms. The summed E-state index contributed by atoms with van der Waals surface area (Å²) in [6.07, 6.45) is 5.59. The van der Waals surface area contributed by atoms with Gasteiger partial charge in [0.2, 0.25) is 0 Å². The predicted molar refractivity (Wildman–Crippen MR) is 149 cm³/mol. The van der Waals surface area contributed by atoms with E-state index >= 15 is 0 Å². The normalized spacial score (nSPS) is 13.4. The van der Waals surface area contributed by atoms with Crippen LogP contribution in [-0.2, 0) is 0 Å². The Balaban J connectivity index is 1.40. The van der Waals surface area contributed by atoms with Crippen LogP contribution in [0.2, 0.25) is 0 Å². The lowest BCUT2D eigenvalue weighted by atomic mass is 9.88. The average Bonchev–Trinajstić information content (AvgIpc) is 2.90. The van der Waals surface area contributed by atoms with Crippen LogP contribution < -0.4 is 4.90 Å². The van der Waals surface area contributed by atoms with E-state index in [9.17, 15) is 0 Å². The van der Waals surface area contributed by atoms with E-state index in [0.29, 0.717) is 12.0 Å². The Kier molecular flexibility index (Phi) is 6.44. The van der Waals surface area contributed by atoms with Crippen molar-refractivity contribution in [3.05, 3.63) is 132 Å². The third kappa shape index (κ3) is 4.75. The van der Waals surface area contributed by atoms with Gasteiger partial charge in [0, 0.05) is 24.7 Å². The van der Waals surface area contributed by atoms with E-state index in [1.807, 2.05) is 0 Å². The second-order valence-corrected chi connectivity index (χ2v) is 9.14. The molecule has 5 aromatic carbocycles. The minimum absolute atomic E-state index is 0.338. The first-order valence-corrected chi connectivity index (χ1v) is 12.1. The molecule has 0 saturated carbocycles. The summed E-state index contributed by atoms with van der Waals surface area (Å²) in [6, 6.07) is 41.8. The van der Waals surface area contributed by atoms with Gasteiger partial charge in [-0.15, -0.1) is 0 Å². The molecule has 0 bridgehead atoms. The first-order valence-electron chi connectivity index (χ1n) is 12.1. The fraction of sp³-hybridized carbons (Fsp3) is 0.152. The summed E-state index contributed by atoms with van der Waals surface area (Å²) >= 11 is 0. The molecule has 0 amide bonds. The van der Waals surface area contributed by atoms with Gasteiger partial charge in [-0.2, -0.15) is 0 Å². The molecular formula is C33H31N. The van der Waals surface area contributed by atoms with Crippen molar-refractivity contribution in [2.75, 3.05) is 11.9 Å². The summed E-state index contributed by atoms with van der Waals surface area (Å²) in [5.74, 6) is 0.384. The van der Waals surface area contributed by atoms with E-state index in [4.69, 9.17) is 0 Å². The largest absolute Gasteiger partial charge is 0.371 e. The molecule has 0 aliphatic carbocycles. The standard InChI is InChI=1S/C33H31N/c1-25(34(2)32-22-21-28-13-7-9-17-31(28)24-32)33(29-14-4-3-5-15-29)18-10-11-26-19-20-27-12-6-8-16-30(27)23-26/h3-17,19-25,33H,18H2,1-2H3/b11-10+. The highest BCUT2D eigenvalue weighted by atomic mass is 15.1. The minimum atomic E-state index is 0.338. The van der Waals surface area contributed by atoms with Crippen LogP contribution in [-0.4, -0.2) is 13.1 Å². The molecule has 0 radical (unpaired) electrons. The number of allylic oxidation sites excluding steroid dienone is 1. The van der Waals surface area contributed by atoms with Crippen LogP contribution in [0.15, 0.2) is 121 Å². The van der Waals surface area contributed by atoms with E-state index in [1.165, 1.54) is 38.4 Å². The zero-order valence-corrected chi connectivity index (χ0v) is 19.9. The smallest absolute Gasteiger partial charge is 0.0372 e. The van der Waals surface area contributed by atoms with E-state index in [2.05, 4.69) is 146 Å². The summed E-state index contributed by atoms with van der Waals surface area (Å²) in [6.45, 7) is 2.34. The SMILES string of the molecule is CC(C(C/C=C/c1ccc2ccccc2c1)c1ccccc1)N(C)c1ccc2ccccc2c1. The molecule has 34 heavy (non-hydrogen) atoms. The molecule has 2 unspecified atom stereocenters. The highest BCUT2D eigenvalue weighted by Gasteiger charge is 2.22. The summed E-state index contributed by atoms with van der Waals surface area (Å²) in [4.78, 5) is 2.42. The van der Waals surface area contributed by atoms with Crippen molar-refractivity contribution in [3.8, 4) is 0 Å². The van der Waals surface area contributed by atoms with Crippen LogP contribution in [0.3, 0.4) is 0 Å². The zero-order chi connectivity index (χ0) is 23.3. The van der Waals surface area contributed by atoms with Gasteiger partial charge in [-0.05, 0) is 64.2 Å². The Hall–Kier alpha value is -3.84. The third-order valence-corrected chi connectivity index (χ3v) is 7.04. The number of hydrogen-bond donors (Lipinski definition) is 0. The van der Waals surface area contributed by atoms with Crippen molar-refractivity contribution >= 4 is 33.3 Å². The van der Waals surface area contributed by atoms with Crippen LogP contribution in [0.25, 0.3) is 27.6 Å². The molecule has 1 nitrogen and oxygen atoms in total. The monoisotopic (exact) mass is 441 g/mol. The quantitative estimate of drug-likeness (QED) is 0.244. The maximum atomic E-state index is 2.42. The van der Waals surface area contributed by atoms with Crippen LogP contribution in [0.4, 0.5) is 5.69 Å². The van der Waals surface area contributed by atoms with Crippen LogP contribution >= 0.6 is 0 Å². The average molecular weight is 442 g/mol. The first-order chi connectivity index (χ1) is 16.7. The molecule has 5 rings (SSSR count). The Morgan fingerprint density at radius 1 is 0.647 bits per heavy atom. The number of likely N-dealkylation sites (N-methyl/N-ethyl adjacent to an activating group) is 1. The minimum Gasteiger partial charge on any atom is -0.371 e. The molecule has 2 atom stereocenters. The number of nitrogens with zero attached hydrogens (tertiary/aromatic N) is 1. The summed E-state index contributed by atoms with van der Waals surface area (Å²) in [5, 5.41) is 5.14. The van der Waals surface area contributed by atoms with Gasteiger partial charge in [-0.25, -0.2) is 0 Å². The molecule has 0 saturated heterocycles. The van der Waals surface area contributed by atoms with Crippen molar-refractivity contribution in [3.63, 3.8) is 0 Å². The lowest BCUT2D eigenvalue weighted by molar-refractivity contribution is 0.548. The maximum Gasteiger partial charge on any atom is 0.0372 e. The predicted octanol–water partition coefficient (Wildman–Crippen LogP) is 8.71. The van der Waals surface area contributed by atoms with E-state index in [0.717, 1.165) is 6.42 Å². The van der Waals surface area contributed by atoms with Crippen LogP contribution in [0.5, 0.6) is 0 Å². The maximum absolute atomic E-state index is 2.42. The molecule has 5 aromatic rings. The van der Waals surface area contributed by atoms with Crippen molar-refractivity contribution < 1.29 is 0 Å². The molecule has 0 aliphatic heterocycles. The van der Waals surface area contributed by atoms with Gasteiger partial charge in [-0.1, -0.05) is 109 Å². The van der Waals surface area contributed by atoms with Crippen molar-refractivity contribution in [2.24, 2.45) is 0 Å². The van der Waals surface area contributed by atoms with Gasteiger partial charge in [0.15, 0.2) is 0 Å². The topological polar surface area (TPSA) is 3.24 Å².